The Hall–Kier alpha value is -2.38. The van der Waals surface area contributed by atoms with Crippen LogP contribution >= 0.6 is 0 Å². The van der Waals surface area contributed by atoms with Crippen LogP contribution in [0.15, 0.2) is 53.4 Å². The fourth-order valence-electron chi connectivity index (χ4n) is 2.14. The summed E-state index contributed by atoms with van der Waals surface area (Å²) >= 11 is 0. The average Bonchev–Trinajstić information content (AvgIpc) is 2.61. The number of hydrogen-bond acceptors (Lipinski definition) is 4. The second-order valence-electron chi connectivity index (χ2n) is 5.56. The lowest BCUT2D eigenvalue weighted by atomic mass is 10.2. The zero-order chi connectivity index (χ0) is 18.3. The number of hydrogen-bond donors (Lipinski definition) is 2. The van der Waals surface area contributed by atoms with E-state index in [0.29, 0.717) is 6.61 Å². The lowest BCUT2D eigenvalue weighted by Gasteiger charge is -2.09. The average molecular weight is 362 g/mol. The van der Waals surface area contributed by atoms with Gasteiger partial charge in [0.15, 0.2) is 0 Å². The number of amides is 1. The summed E-state index contributed by atoms with van der Waals surface area (Å²) in [4.78, 5) is 11.1. The minimum Gasteiger partial charge on any atom is -0.494 e. The first-order valence-corrected chi connectivity index (χ1v) is 9.52. The predicted octanol–water partition coefficient (Wildman–Crippen LogP) is 2.44. The Balaban J connectivity index is 2.01. The van der Waals surface area contributed by atoms with E-state index in [1.165, 1.54) is 24.3 Å². The molecule has 0 aliphatic carbocycles. The minimum absolute atomic E-state index is 0.0767. The second-order valence-corrected chi connectivity index (χ2v) is 7.33. The molecule has 0 unspecified atom stereocenters. The maximum Gasteiger partial charge on any atom is 0.248 e. The summed E-state index contributed by atoms with van der Waals surface area (Å²) in [6.45, 7) is 2.87. The highest BCUT2D eigenvalue weighted by Gasteiger charge is 2.14. The Bertz CT molecular complexity index is 817. The maximum absolute atomic E-state index is 12.3. The van der Waals surface area contributed by atoms with Crippen molar-refractivity contribution < 1.29 is 17.9 Å². The Morgan fingerprint density at radius 3 is 2.52 bits per heavy atom. The van der Waals surface area contributed by atoms with E-state index >= 15 is 0 Å². The normalized spacial score (nSPS) is 11.2. The third-order valence-corrected chi connectivity index (χ3v) is 5.00. The van der Waals surface area contributed by atoms with Crippen LogP contribution in [0.3, 0.4) is 0 Å². The molecular formula is C18H22N2O4S. The Labute approximate surface area is 148 Å². The van der Waals surface area contributed by atoms with Crippen molar-refractivity contribution in [3.05, 3.63) is 59.7 Å². The SMILES string of the molecule is CCCCOc1cccc(CNS(=O)(=O)c2ccc(C(N)=O)cc2)c1. The van der Waals surface area contributed by atoms with Gasteiger partial charge in [-0.2, -0.15) is 0 Å². The molecule has 0 saturated carbocycles. The first kappa shape index (κ1) is 19.0. The Morgan fingerprint density at radius 1 is 1.16 bits per heavy atom. The molecule has 2 aromatic rings. The third-order valence-electron chi connectivity index (χ3n) is 3.58. The molecule has 0 spiro atoms. The smallest absolute Gasteiger partial charge is 0.248 e. The molecule has 0 atom stereocenters. The molecule has 3 N–H and O–H groups in total. The molecule has 0 aromatic heterocycles. The molecule has 2 rings (SSSR count). The quantitative estimate of drug-likeness (QED) is 0.669. The Morgan fingerprint density at radius 2 is 1.88 bits per heavy atom. The largest absolute Gasteiger partial charge is 0.494 e. The molecule has 2 aromatic carbocycles. The monoisotopic (exact) mass is 362 g/mol. The molecular weight excluding hydrogens is 340 g/mol. The summed E-state index contributed by atoms with van der Waals surface area (Å²) in [5, 5.41) is 0. The van der Waals surface area contributed by atoms with Crippen LogP contribution in [-0.4, -0.2) is 20.9 Å². The lowest BCUT2D eigenvalue weighted by Crippen LogP contribution is -2.23. The van der Waals surface area contributed by atoms with Gasteiger partial charge in [-0.05, 0) is 48.4 Å². The molecule has 0 heterocycles. The summed E-state index contributed by atoms with van der Waals surface area (Å²) in [6, 6.07) is 12.8. The van der Waals surface area contributed by atoms with Crippen molar-refractivity contribution in [2.24, 2.45) is 5.73 Å². The molecule has 6 nitrogen and oxygen atoms in total. The van der Waals surface area contributed by atoms with Crippen LogP contribution in [0.2, 0.25) is 0 Å². The highest BCUT2D eigenvalue weighted by atomic mass is 32.2. The molecule has 134 valence electrons. The number of benzene rings is 2. The molecule has 0 aliphatic heterocycles. The number of unbranched alkanes of at least 4 members (excludes halogenated alkanes) is 1. The van der Waals surface area contributed by atoms with Crippen LogP contribution in [-0.2, 0) is 16.6 Å². The van der Waals surface area contributed by atoms with Crippen molar-refractivity contribution in [2.45, 2.75) is 31.2 Å². The van der Waals surface area contributed by atoms with E-state index in [4.69, 9.17) is 10.5 Å². The van der Waals surface area contributed by atoms with Gasteiger partial charge in [0.05, 0.1) is 11.5 Å². The molecule has 1 amide bonds. The van der Waals surface area contributed by atoms with Crippen molar-refractivity contribution in [2.75, 3.05) is 6.61 Å². The number of carbonyl (C=O) groups is 1. The van der Waals surface area contributed by atoms with Gasteiger partial charge in [0.1, 0.15) is 5.75 Å². The van der Waals surface area contributed by atoms with Gasteiger partial charge in [0.25, 0.3) is 0 Å². The van der Waals surface area contributed by atoms with E-state index in [-0.39, 0.29) is 17.0 Å². The number of carbonyl (C=O) groups excluding carboxylic acids is 1. The number of rotatable bonds is 9. The molecule has 0 radical (unpaired) electrons. The zero-order valence-corrected chi connectivity index (χ0v) is 14.9. The van der Waals surface area contributed by atoms with Crippen LogP contribution in [0.25, 0.3) is 0 Å². The molecule has 25 heavy (non-hydrogen) atoms. The number of nitrogens with two attached hydrogens (primary N) is 1. The predicted molar refractivity (Wildman–Crippen MR) is 95.8 cm³/mol. The summed E-state index contributed by atoms with van der Waals surface area (Å²) in [6.07, 6.45) is 2.02. The van der Waals surface area contributed by atoms with Gasteiger partial charge < -0.3 is 10.5 Å². The summed E-state index contributed by atoms with van der Waals surface area (Å²) < 4.78 is 32.8. The highest BCUT2D eigenvalue weighted by molar-refractivity contribution is 7.89. The van der Waals surface area contributed by atoms with Gasteiger partial charge in [-0.15, -0.1) is 0 Å². The van der Waals surface area contributed by atoms with Crippen molar-refractivity contribution in [1.29, 1.82) is 0 Å². The van der Waals surface area contributed by atoms with E-state index in [2.05, 4.69) is 11.6 Å². The maximum atomic E-state index is 12.3. The number of ether oxygens (including phenoxy) is 1. The summed E-state index contributed by atoms with van der Waals surface area (Å²) in [7, 11) is -3.68. The molecule has 0 fully saturated rings. The van der Waals surface area contributed by atoms with Crippen molar-refractivity contribution in [3.8, 4) is 5.75 Å². The number of nitrogens with one attached hydrogen (secondary N) is 1. The van der Waals surface area contributed by atoms with E-state index in [0.717, 1.165) is 24.2 Å². The van der Waals surface area contributed by atoms with E-state index in [1.807, 2.05) is 24.3 Å². The Kier molecular flexibility index (Phi) is 6.55. The van der Waals surface area contributed by atoms with Gasteiger partial charge in [-0.25, -0.2) is 13.1 Å². The molecule has 7 heteroatoms. The zero-order valence-electron chi connectivity index (χ0n) is 14.1. The van der Waals surface area contributed by atoms with E-state index in [9.17, 15) is 13.2 Å². The lowest BCUT2D eigenvalue weighted by molar-refractivity contribution is 0.1000. The molecule has 0 saturated heterocycles. The van der Waals surface area contributed by atoms with Crippen molar-refractivity contribution in [1.82, 2.24) is 4.72 Å². The molecule has 0 bridgehead atoms. The van der Waals surface area contributed by atoms with Gasteiger partial charge in [0.2, 0.25) is 15.9 Å². The first-order valence-electron chi connectivity index (χ1n) is 8.03. The van der Waals surface area contributed by atoms with Gasteiger partial charge in [-0.3, -0.25) is 4.79 Å². The summed E-state index contributed by atoms with van der Waals surface area (Å²) in [5.41, 5.74) is 6.21. The number of primary amides is 1. The van der Waals surface area contributed by atoms with E-state index in [1.54, 1.807) is 0 Å². The molecule has 0 aliphatic rings. The highest BCUT2D eigenvalue weighted by Crippen LogP contribution is 2.15. The topological polar surface area (TPSA) is 98.5 Å². The van der Waals surface area contributed by atoms with Crippen LogP contribution in [0.5, 0.6) is 5.75 Å². The van der Waals surface area contributed by atoms with E-state index < -0.39 is 15.9 Å². The van der Waals surface area contributed by atoms with Crippen molar-refractivity contribution >= 4 is 15.9 Å². The third kappa shape index (κ3) is 5.58. The van der Waals surface area contributed by atoms with Crippen LogP contribution < -0.4 is 15.2 Å². The van der Waals surface area contributed by atoms with Crippen LogP contribution in [0.4, 0.5) is 0 Å². The van der Waals surface area contributed by atoms with Gasteiger partial charge in [-0.1, -0.05) is 25.5 Å². The fourth-order valence-corrected chi connectivity index (χ4v) is 3.16. The van der Waals surface area contributed by atoms with Gasteiger partial charge in [0, 0.05) is 12.1 Å². The van der Waals surface area contributed by atoms with Crippen LogP contribution in [0, 0.1) is 0 Å². The minimum atomic E-state index is -3.68. The van der Waals surface area contributed by atoms with Gasteiger partial charge >= 0.3 is 0 Å². The van der Waals surface area contributed by atoms with Crippen molar-refractivity contribution in [3.63, 3.8) is 0 Å². The number of sulfonamides is 1. The van der Waals surface area contributed by atoms with Crippen LogP contribution in [0.1, 0.15) is 35.7 Å². The second kappa shape index (κ2) is 8.64. The fraction of sp³-hybridized carbons (Fsp3) is 0.278. The standard InChI is InChI=1S/C18H22N2O4S/c1-2-3-11-24-16-6-4-5-14(12-16)13-20-25(22,23)17-9-7-15(8-10-17)18(19)21/h4-10,12,20H,2-3,11,13H2,1H3,(H2,19,21). The summed E-state index contributed by atoms with van der Waals surface area (Å²) in [5.74, 6) is 0.118. The first-order chi connectivity index (χ1) is 11.9.